The van der Waals surface area contributed by atoms with Crippen LogP contribution in [0.3, 0.4) is 0 Å². The standard InChI is InChI=1S/C15H17NO3/c1-16-12-7-5-4-6-10(12)11-8-13(17)15(19-3)9-14(11)18-2/h4-9,16-17H,1-3H3. The molecule has 0 aliphatic rings. The average molecular weight is 259 g/mol. The highest BCUT2D eigenvalue weighted by molar-refractivity contribution is 5.83. The molecule has 0 heterocycles. The normalized spacial score (nSPS) is 10.1. The fourth-order valence-electron chi connectivity index (χ4n) is 2.03. The summed E-state index contributed by atoms with van der Waals surface area (Å²) in [6.45, 7) is 0. The zero-order valence-corrected chi connectivity index (χ0v) is 11.2. The Morgan fingerprint density at radius 1 is 0.947 bits per heavy atom. The molecular weight excluding hydrogens is 242 g/mol. The monoisotopic (exact) mass is 259 g/mol. The fourth-order valence-corrected chi connectivity index (χ4v) is 2.03. The summed E-state index contributed by atoms with van der Waals surface area (Å²) in [6, 6.07) is 11.2. The molecule has 0 fully saturated rings. The van der Waals surface area contributed by atoms with Crippen molar-refractivity contribution in [3.63, 3.8) is 0 Å². The minimum Gasteiger partial charge on any atom is -0.504 e. The summed E-state index contributed by atoms with van der Waals surface area (Å²) in [4.78, 5) is 0. The van der Waals surface area contributed by atoms with E-state index in [1.807, 2.05) is 31.3 Å². The molecule has 0 atom stereocenters. The van der Waals surface area contributed by atoms with Crippen LogP contribution in [0.1, 0.15) is 0 Å². The number of phenolic OH excluding ortho intramolecular Hbond substituents is 1. The number of anilines is 1. The van der Waals surface area contributed by atoms with E-state index in [9.17, 15) is 5.11 Å². The Morgan fingerprint density at radius 3 is 2.26 bits per heavy atom. The van der Waals surface area contributed by atoms with Gasteiger partial charge < -0.3 is 19.9 Å². The van der Waals surface area contributed by atoms with Crippen molar-refractivity contribution < 1.29 is 14.6 Å². The van der Waals surface area contributed by atoms with Crippen molar-refractivity contribution in [2.75, 3.05) is 26.6 Å². The van der Waals surface area contributed by atoms with Crippen LogP contribution in [0.15, 0.2) is 36.4 Å². The number of hydrogen-bond donors (Lipinski definition) is 2. The van der Waals surface area contributed by atoms with E-state index in [0.29, 0.717) is 11.5 Å². The molecule has 2 aromatic carbocycles. The van der Waals surface area contributed by atoms with Crippen LogP contribution in [0.25, 0.3) is 11.1 Å². The van der Waals surface area contributed by atoms with Gasteiger partial charge in [-0.2, -0.15) is 0 Å². The summed E-state index contributed by atoms with van der Waals surface area (Å²) in [5.41, 5.74) is 2.73. The van der Waals surface area contributed by atoms with E-state index in [1.54, 1.807) is 19.2 Å². The number of hydrogen-bond acceptors (Lipinski definition) is 4. The molecule has 4 nitrogen and oxygen atoms in total. The van der Waals surface area contributed by atoms with Gasteiger partial charge in [0.25, 0.3) is 0 Å². The average Bonchev–Trinajstić information content (AvgIpc) is 2.46. The lowest BCUT2D eigenvalue weighted by molar-refractivity contribution is 0.365. The lowest BCUT2D eigenvalue weighted by Gasteiger charge is -2.15. The number of nitrogens with one attached hydrogen (secondary N) is 1. The molecule has 100 valence electrons. The summed E-state index contributed by atoms with van der Waals surface area (Å²) in [5.74, 6) is 1.13. The molecule has 0 aromatic heterocycles. The molecule has 0 amide bonds. The summed E-state index contributed by atoms with van der Waals surface area (Å²) >= 11 is 0. The molecule has 0 saturated carbocycles. The second kappa shape index (κ2) is 5.52. The molecule has 0 bridgehead atoms. The van der Waals surface area contributed by atoms with Gasteiger partial charge in [0.15, 0.2) is 11.5 Å². The molecule has 0 spiro atoms. The van der Waals surface area contributed by atoms with E-state index in [0.717, 1.165) is 16.8 Å². The summed E-state index contributed by atoms with van der Waals surface area (Å²) in [5, 5.41) is 13.1. The number of ether oxygens (including phenoxy) is 2. The first-order valence-electron chi connectivity index (χ1n) is 5.93. The van der Waals surface area contributed by atoms with Crippen LogP contribution >= 0.6 is 0 Å². The molecule has 2 N–H and O–H groups in total. The van der Waals surface area contributed by atoms with Gasteiger partial charge in [0.1, 0.15) is 5.75 Å². The van der Waals surface area contributed by atoms with Crippen molar-refractivity contribution in [2.45, 2.75) is 0 Å². The maximum atomic E-state index is 9.94. The van der Waals surface area contributed by atoms with Gasteiger partial charge in [-0.3, -0.25) is 0 Å². The van der Waals surface area contributed by atoms with Crippen LogP contribution < -0.4 is 14.8 Å². The number of benzene rings is 2. The van der Waals surface area contributed by atoms with Gasteiger partial charge in [-0.05, 0) is 12.1 Å². The van der Waals surface area contributed by atoms with E-state index in [2.05, 4.69) is 5.32 Å². The third kappa shape index (κ3) is 2.42. The summed E-state index contributed by atoms with van der Waals surface area (Å²) < 4.78 is 10.5. The first-order chi connectivity index (χ1) is 9.21. The maximum Gasteiger partial charge on any atom is 0.164 e. The van der Waals surface area contributed by atoms with Gasteiger partial charge >= 0.3 is 0 Å². The van der Waals surface area contributed by atoms with Crippen molar-refractivity contribution >= 4 is 5.69 Å². The van der Waals surface area contributed by atoms with Crippen LogP contribution in [0.4, 0.5) is 5.69 Å². The SMILES string of the molecule is CNc1ccccc1-c1cc(O)c(OC)cc1OC. The van der Waals surface area contributed by atoms with Crippen molar-refractivity contribution in [3.05, 3.63) is 36.4 Å². The van der Waals surface area contributed by atoms with E-state index >= 15 is 0 Å². The predicted molar refractivity (Wildman–Crippen MR) is 76.2 cm³/mol. The zero-order chi connectivity index (χ0) is 13.8. The zero-order valence-electron chi connectivity index (χ0n) is 11.2. The van der Waals surface area contributed by atoms with Crippen molar-refractivity contribution in [2.24, 2.45) is 0 Å². The summed E-state index contributed by atoms with van der Waals surface area (Å²) in [7, 11) is 4.96. The van der Waals surface area contributed by atoms with Crippen LogP contribution in [0, 0.1) is 0 Å². The number of para-hydroxylation sites is 1. The number of phenols is 1. The molecule has 0 aliphatic heterocycles. The maximum absolute atomic E-state index is 9.94. The van der Waals surface area contributed by atoms with Gasteiger partial charge in [0, 0.05) is 29.9 Å². The van der Waals surface area contributed by atoms with Gasteiger partial charge in [0.2, 0.25) is 0 Å². The number of rotatable bonds is 4. The molecule has 19 heavy (non-hydrogen) atoms. The second-order valence-electron chi connectivity index (χ2n) is 4.02. The molecule has 2 aromatic rings. The highest BCUT2D eigenvalue weighted by Crippen LogP contribution is 2.41. The lowest BCUT2D eigenvalue weighted by Crippen LogP contribution is -1.95. The Balaban J connectivity index is 2.64. The molecule has 0 saturated heterocycles. The number of methoxy groups -OCH3 is 2. The lowest BCUT2D eigenvalue weighted by atomic mass is 10.0. The molecule has 2 rings (SSSR count). The Kier molecular flexibility index (Phi) is 3.80. The van der Waals surface area contributed by atoms with Gasteiger partial charge in [0.05, 0.1) is 14.2 Å². The highest BCUT2D eigenvalue weighted by atomic mass is 16.5. The van der Waals surface area contributed by atoms with Crippen LogP contribution in [-0.4, -0.2) is 26.4 Å². The molecule has 0 unspecified atom stereocenters. The van der Waals surface area contributed by atoms with Crippen LogP contribution in [0.2, 0.25) is 0 Å². The Morgan fingerprint density at radius 2 is 1.63 bits per heavy atom. The van der Waals surface area contributed by atoms with Gasteiger partial charge in [-0.1, -0.05) is 18.2 Å². The van der Waals surface area contributed by atoms with E-state index in [4.69, 9.17) is 9.47 Å². The van der Waals surface area contributed by atoms with Gasteiger partial charge in [-0.25, -0.2) is 0 Å². The number of aromatic hydroxyl groups is 1. The van der Waals surface area contributed by atoms with Crippen molar-refractivity contribution in [3.8, 4) is 28.4 Å². The smallest absolute Gasteiger partial charge is 0.164 e. The Hall–Kier alpha value is -2.36. The third-order valence-corrected chi connectivity index (χ3v) is 2.99. The van der Waals surface area contributed by atoms with Gasteiger partial charge in [-0.15, -0.1) is 0 Å². The van der Waals surface area contributed by atoms with E-state index in [1.165, 1.54) is 7.11 Å². The predicted octanol–water partition coefficient (Wildman–Crippen LogP) is 3.12. The minimum absolute atomic E-state index is 0.0872. The van der Waals surface area contributed by atoms with Crippen molar-refractivity contribution in [1.82, 2.24) is 0 Å². The largest absolute Gasteiger partial charge is 0.504 e. The fraction of sp³-hybridized carbons (Fsp3) is 0.200. The molecule has 0 aliphatic carbocycles. The second-order valence-corrected chi connectivity index (χ2v) is 4.02. The minimum atomic E-state index is 0.0872. The summed E-state index contributed by atoms with van der Waals surface area (Å²) in [6.07, 6.45) is 0. The molecule has 0 radical (unpaired) electrons. The quantitative estimate of drug-likeness (QED) is 0.885. The first kappa shape index (κ1) is 13.1. The van der Waals surface area contributed by atoms with Crippen LogP contribution in [-0.2, 0) is 0 Å². The Bertz CT molecular complexity index is 582. The van der Waals surface area contributed by atoms with Crippen LogP contribution in [0.5, 0.6) is 17.2 Å². The first-order valence-corrected chi connectivity index (χ1v) is 5.93. The molecular formula is C15H17NO3. The van der Waals surface area contributed by atoms with E-state index in [-0.39, 0.29) is 5.75 Å². The third-order valence-electron chi connectivity index (χ3n) is 2.99. The Labute approximate surface area is 112 Å². The molecule has 4 heteroatoms. The van der Waals surface area contributed by atoms with E-state index < -0.39 is 0 Å². The topological polar surface area (TPSA) is 50.7 Å². The highest BCUT2D eigenvalue weighted by Gasteiger charge is 2.14. The van der Waals surface area contributed by atoms with Crippen molar-refractivity contribution in [1.29, 1.82) is 0 Å².